The molecule has 0 spiro atoms. The van der Waals surface area contributed by atoms with Crippen LogP contribution in [0.4, 0.5) is 0 Å². The van der Waals surface area contributed by atoms with Gasteiger partial charge in [-0.05, 0) is 142 Å². The van der Waals surface area contributed by atoms with Crippen molar-refractivity contribution in [3.05, 3.63) is 0 Å². The SMILES string of the molecule is C#CC#CC#CC#CC#CC#CC#CC#CC#CC#CC#CC#CC#CC#COC(=O)CC(CC(=O)OC#CC#CC#CC#CC#CC#CC#CC#CC#CC#CC#CC#CC#CC#C)(OC=O)C(=O)OC#CC#CC#CC#CC#CC#CC#CC#CC#CC#CC#CC#CC#CC#C. The molecule has 0 N–H and O–H groups in total. The Morgan fingerprint density at radius 3 is 0.485 bits per heavy atom. The van der Waals surface area contributed by atoms with Crippen LogP contribution in [0.15, 0.2) is 0 Å². The maximum atomic E-state index is 13.3. The Hall–Kier alpha value is -20.6. The van der Waals surface area contributed by atoms with Gasteiger partial charge in [-0.1, -0.05) is 0 Å². The Balaban J connectivity index is 6.12. The zero-order valence-electron chi connectivity index (χ0n) is 49.5. The van der Waals surface area contributed by atoms with Gasteiger partial charge in [-0.15, -0.1) is 19.3 Å². The van der Waals surface area contributed by atoms with Crippen LogP contribution in [0.2, 0.25) is 0 Å². The molecule has 0 saturated heterocycles. The molecule has 8 heteroatoms. The second-order valence-electron chi connectivity index (χ2n) is 13.0. The Labute approximate surface area is 577 Å². The normalized spacial score (nSPS) is 5.06. The van der Waals surface area contributed by atoms with Crippen LogP contribution in [0.5, 0.6) is 0 Å². The van der Waals surface area contributed by atoms with E-state index in [1.54, 1.807) is 0 Å². The predicted molar refractivity (Wildman–Crippen MR) is 367 cm³/mol. The van der Waals surface area contributed by atoms with Crippen molar-refractivity contribution in [3.63, 3.8) is 0 Å². The highest BCUT2D eigenvalue weighted by Gasteiger charge is 2.48. The van der Waals surface area contributed by atoms with Crippen molar-refractivity contribution < 1.29 is 38.1 Å². The van der Waals surface area contributed by atoms with Crippen LogP contribution in [-0.2, 0) is 38.1 Å². The van der Waals surface area contributed by atoms with E-state index in [9.17, 15) is 19.2 Å². The van der Waals surface area contributed by atoms with Gasteiger partial charge in [0.2, 0.25) is 5.60 Å². The number of rotatable bonds is 7. The van der Waals surface area contributed by atoms with E-state index in [1.165, 1.54) is 0 Å². The topological polar surface area (TPSA) is 105 Å². The van der Waals surface area contributed by atoms with Crippen LogP contribution < -0.4 is 0 Å². The smallest absolute Gasteiger partial charge is 0.365 e. The number of hydrogen-bond acceptors (Lipinski definition) is 8. The van der Waals surface area contributed by atoms with E-state index >= 15 is 0 Å². The quantitative estimate of drug-likeness (QED) is 0.142. The maximum absolute atomic E-state index is 13.3. The molecule has 0 radical (unpaired) electrons. The average molecular weight is 1230 g/mol. The third-order valence-corrected chi connectivity index (χ3v) is 6.85. The molecule has 99 heavy (non-hydrogen) atoms. The van der Waals surface area contributed by atoms with Crippen molar-refractivity contribution in [1.29, 1.82) is 0 Å². The van der Waals surface area contributed by atoms with Gasteiger partial charge in [-0.2, -0.15) is 0 Å². The van der Waals surface area contributed by atoms with Gasteiger partial charge in [0.15, 0.2) is 0 Å². The van der Waals surface area contributed by atoms with Crippen molar-refractivity contribution in [2.24, 2.45) is 0 Å². The molecule has 8 nitrogen and oxygen atoms in total. The summed E-state index contributed by atoms with van der Waals surface area (Å²) in [4.78, 5) is 50.8. The van der Waals surface area contributed by atoms with Gasteiger partial charge < -0.3 is 18.9 Å². The van der Waals surface area contributed by atoms with E-state index in [2.05, 4.69) is 462 Å². The van der Waals surface area contributed by atoms with Crippen LogP contribution in [0.1, 0.15) is 12.8 Å². The van der Waals surface area contributed by atoms with Crippen molar-refractivity contribution >= 4 is 24.4 Å². The van der Waals surface area contributed by atoms with Gasteiger partial charge in [0.1, 0.15) is 18.3 Å². The van der Waals surface area contributed by atoms with E-state index in [4.69, 9.17) is 38.2 Å². The van der Waals surface area contributed by atoms with Crippen molar-refractivity contribution in [1.82, 2.24) is 0 Å². The van der Waals surface area contributed by atoms with Gasteiger partial charge in [-0.3, -0.25) is 14.4 Å². The minimum absolute atomic E-state index is 0.257. The van der Waals surface area contributed by atoms with E-state index in [0.717, 1.165) is 0 Å². The molecule has 0 heterocycles. The highest BCUT2D eigenvalue weighted by Crippen LogP contribution is 2.24. The van der Waals surface area contributed by atoms with E-state index in [-0.39, 0.29) is 6.47 Å². The third kappa shape index (κ3) is 58.9. The van der Waals surface area contributed by atoms with Crippen LogP contribution in [0, 0.1) is 499 Å². The Bertz CT molecular complexity index is 6130. The summed E-state index contributed by atoms with van der Waals surface area (Å²) in [5, 5.41) is 0. The molecule has 0 bridgehead atoms. The molecular weight excluding hydrogens is 1220 g/mol. The molecule has 0 fully saturated rings. The largest absolute Gasteiger partial charge is 0.448 e. The summed E-state index contributed by atoms with van der Waals surface area (Å²) in [6.45, 7) is -0.257. The summed E-state index contributed by atoms with van der Waals surface area (Å²) in [6.07, 6.45) is 18.3. The number of carbonyl (C=O) groups excluding carboxylic acids is 4. The number of hydrogen-bond donors (Lipinski definition) is 0. The third-order valence-electron chi connectivity index (χ3n) is 6.85. The summed E-state index contributed by atoms with van der Waals surface area (Å²) in [5.41, 5.74) is -2.76. The zero-order chi connectivity index (χ0) is 71.5. The Morgan fingerprint density at radius 1 is 0.212 bits per heavy atom. The van der Waals surface area contributed by atoms with Gasteiger partial charge in [0.05, 0.1) is 12.8 Å². The summed E-state index contributed by atoms with van der Waals surface area (Å²) >= 11 is 0. The molecule has 420 valence electrons. The molecule has 0 rings (SSSR count). The first-order valence-electron chi connectivity index (χ1n) is 24.5. The lowest BCUT2D eigenvalue weighted by Crippen LogP contribution is -2.46. The van der Waals surface area contributed by atoms with Crippen molar-refractivity contribution in [3.8, 4) is 499 Å². The second kappa shape index (κ2) is 66.5. The molecular formula is C91H8O8. The number of ether oxygens (including phenoxy) is 4. The average Bonchev–Trinajstić information content (AvgIpc) is 0.827. The molecule has 0 atom stereocenters. The molecule has 0 aliphatic heterocycles. The van der Waals surface area contributed by atoms with Crippen molar-refractivity contribution in [2.45, 2.75) is 18.4 Å². The van der Waals surface area contributed by atoms with Gasteiger partial charge in [0.25, 0.3) is 6.47 Å². The zero-order valence-corrected chi connectivity index (χ0v) is 49.5. The lowest BCUT2D eigenvalue weighted by molar-refractivity contribution is -0.179. The highest BCUT2D eigenvalue weighted by molar-refractivity contribution is 5.92. The molecule has 0 aliphatic carbocycles. The van der Waals surface area contributed by atoms with Crippen LogP contribution in [0.3, 0.4) is 0 Å². The summed E-state index contributed by atoms with van der Waals surface area (Å²) in [6, 6.07) is 0. The minimum Gasteiger partial charge on any atom is -0.448 e. The van der Waals surface area contributed by atoms with Crippen molar-refractivity contribution in [2.75, 3.05) is 0 Å². The van der Waals surface area contributed by atoms with E-state index in [1.807, 2.05) is 18.3 Å². The summed E-state index contributed by atoms with van der Waals surface area (Å²) < 4.78 is 19.3. The number of esters is 3. The second-order valence-corrected chi connectivity index (χ2v) is 13.0. The van der Waals surface area contributed by atoms with Crippen LogP contribution in [-0.4, -0.2) is 30.0 Å². The monoisotopic (exact) mass is 1230 g/mol. The first-order valence-corrected chi connectivity index (χ1v) is 24.5. The summed E-state index contributed by atoms with van der Waals surface area (Å²) in [5.74, 6) is 182. The Morgan fingerprint density at radius 2 is 0.343 bits per heavy atom. The fourth-order valence-electron chi connectivity index (χ4n) is 3.64. The Kier molecular flexibility index (Phi) is 52.7. The molecule has 0 aromatic rings. The number of terminal acetylenes is 3. The first-order chi connectivity index (χ1) is 49.0. The van der Waals surface area contributed by atoms with Gasteiger partial charge in [-0.25, -0.2) is 4.79 Å². The van der Waals surface area contributed by atoms with Gasteiger partial charge in [0, 0.05) is 320 Å². The molecule has 0 aliphatic rings. The summed E-state index contributed by atoms with van der Waals surface area (Å²) in [7, 11) is 0. The molecule has 0 amide bonds. The maximum Gasteiger partial charge on any atom is 0.365 e. The predicted octanol–water partition coefficient (Wildman–Crippen LogP) is -0.787. The van der Waals surface area contributed by atoms with E-state index in [0.29, 0.717) is 0 Å². The van der Waals surface area contributed by atoms with Crippen LogP contribution >= 0.6 is 0 Å². The highest BCUT2D eigenvalue weighted by atomic mass is 16.6. The van der Waals surface area contributed by atoms with Crippen LogP contribution in [0.25, 0.3) is 0 Å². The van der Waals surface area contributed by atoms with Gasteiger partial charge >= 0.3 is 17.9 Å². The fraction of sp³-hybridized carbons (Fsp3) is 0.0330. The lowest BCUT2D eigenvalue weighted by atomic mass is 9.95. The molecule has 0 saturated carbocycles. The lowest BCUT2D eigenvalue weighted by Gasteiger charge is -2.25. The fourth-order valence-corrected chi connectivity index (χ4v) is 3.64. The molecule has 0 unspecified atom stereocenters. The molecule has 0 aromatic carbocycles. The number of carbonyl (C=O) groups is 4. The van der Waals surface area contributed by atoms with E-state index < -0.39 is 36.4 Å². The molecule has 0 aromatic heterocycles. The standard InChI is InChI=1S/C91H8O8/c1-4-7-10-13-16-19-22-25-28-31-34-37-40-43-46-49-52-55-58-61-64-67-70-73-76-79-82-96-88(93)85-91(99-87-92,90(95)98-84-81-78-75-72-69-66-63-60-57-54-51-48-45-42-39-36-33-30-27-24-21-18-15-12-9-6-3)86-89(94)97-83-80-77-74-71-68-65-62-59-56-53-50-47-44-41-38-35-32-29-26-23-20-17-14-11-8-5-2/h1-3,87H,85-86H2. The minimum atomic E-state index is -2.76. The first kappa shape index (κ1) is 78.4.